The summed E-state index contributed by atoms with van der Waals surface area (Å²) in [4.78, 5) is 2.55. The summed E-state index contributed by atoms with van der Waals surface area (Å²) in [7, 11) is 0. The molecule has 0 aliphatic carbocycles. The van der Waals surface area contributed by atoms with Crippen LogP contribution >= 0.6 is 0 Å². The molecular weight excluding hydrogens is 248 g/mol. The zero-order chi connectivity index (χ0) is 14.2. The van der Waals surface area contributed by atoms with E-state index in [4.69, 9.17) is 0 Å². The van der Waals surface area contributed by atoms with Crippen molar-refractivity contribution < 1.29 is 5.11 Å². The van der Waals surface area contributed by atoms with E-state index in [9.17, 15) is 5.11 Å². The van der Waals surface area contributed by atoms with Gasteiger partial charge >= 0.3 is 0 Å². The highest BCUT2D eigenvalue weighted by molar-refractivity contribution is 5.18. The minimum atomic E-state index is 0.230. The van der Waals surface area contributed by atoms with Gasteiger partial charge in [-0.15, -0.1) is 0 Å². The fourth-order valence-electron chi connectivity index (χ4n) is 2.88. The van der Waals surface area contributed by atoms with E-state index in [2.05, 4.69) is 41.4 Å². The number of piperidine rings is 1. The van der Waals surface area contributed by atoms with Gasteiger partial charge in [-0.3, -0.25) is 0 Å². The molecule has 1 fully saturated rings. The molecule has 0 aromatic heterocycles. The molecule has 0 radical (unpaired) electrons. The number of nitrogens with zero attached hydrogens (tertiary/aromatic N) is 1. The topological polar surface area (TPSA) is 35.5 Å². The monoisotopic (exact) mass is 276 g/mol. The first-order valence-corrected chi connectivity index (χ1v) is 7.91. The van der Waals surface area contributed by atoms with Crippen LogP contribution < -0.4 is 5.32 Å². The fourth-order valence-corrected chi connectivity index (χ4v) is 2.88. The molecule has 1 heterocycles. The van der Waals surface area contributed by atoms with Crippen LogP contribution in [0, 0.1) is 5.92 Å². The highest BCUT2D eigenvalue weighted by Gasteiger charge is 2.16. The number of likely N-dealkylation sites (tertiary alicyclic amines) is 1. The third kappa shape index (κ3) is 4.89. The SMILES string of the molecule is CC1CCN(CCNC(CCO)c2ccccc2)CC1. The number of aliphatic hydroxyl groups excluding tert-OH is 1. The molecule has 2 rings (SSSR count). The van der Waals surface area contributed by atoms with Gasteiger partial charge in [-0.25, -0.2) is 0 Å². The van der Waals surface area contributed by atoms with Crippen molar-refractivity contribution in [3.63, 3.8) is 0 Å². The van der Waals surface area contributed by atoms with Gasteiger partial charge in [-0.05, 0) is 43.8 Å². The van der Waals surface area contributed by atoms with Crippen LogP contribution in [-0.2, 0) is 0 Å². The van der Waals surface area contributed by atoms with Gasteiger partial charge in [0.05, 0.1) is 0 Å². The molecule has 1 unspecified atom stereocenters. The van der Waals surface area contributed by atoms with Gasteiger partial charge in [-0.1, -0.05) is 37.3 Å². The summed E-state index contributed by atoms with van der Waals surface area (Å²) in [6.45, 7) is 7.16. The average molecular weight is 276 g/mol. The Bertz CT molecular complexity index is 361. The second kappa shape index (κ2) is 8.40. The number of hydrogen-bond donors (Lipinski definition) is 2. The van der Waals surface area contributed by atoms with Gasteiger partial charge in [0.25, 0.3) is 0 Å². The Kier molecular flexibility index (Phi) is 6.51. The van der Waals surface area contributed by atoms with E-state index < -0.39 is 0 Å². The van der Waals surface area contributed by atoms with E-state index in [0.29, 0.717) is 0 Å². The van der Waals surface area contributed by atoms with E-state index in [1.165, 1.54) is 31.5 Å². The van der Waals surface area contributed by atoms with E-state index in [1.807, 2.05) is 6.07 Å². The van der Waals surface area contributed by atoms with Crippen molar-refractivity contribution in [2.45, 2.75) is 32.2 Å². The zero-order valence-electron chi connectivity index (χ0n) is 12.6. The maximum absolute atomic E-state index is 9.22. The molecule has 1 aromatic rings. The quantitative estimate of drug-likeness (QED) is 0.803. The van der Waals surface area contributed by atoms with E-state index in [-0.39, 0.29) is 12.6 Å². The molecule has 2 N–H and O–H groups in total. The Labute approximate surface area is 123 Å². The van der Waals surface area contributed by atoms with Crippen molar-refractivity contribution in [3.05, 3.63) is 35.9 Å². The third-order valence-electron chi connectivity index (χ3n) is 4.31. The van der Waals surface area contributed by atoms with Crippen molar-refractivity contribution in [2.75, 3.05) is 32.8 Å². The molecule has 0 bridgehead atoms. The lowest BCUT2D eigenvalue weighted by Crippen LogP contribution is -2.38. The molecule has 0 amide bonds. The van der Waals surface area contributed by atoms with Gasteiger partial charge in [0.2, 0.25) is 0 Å². The molecule has 1 aliphatic rings. The number of nitrogens with one attached hydrogen (secondary N) is 1. The molecule has 0 spiro atoms. The molecular formula is C17H28N2O. The summed E-state index contributed by atoms with van der Waals surface area (Å²) in [6.07, 6.45) is 3.44. The Hall–Kier alpha value is -0.900. The van der Waals surface area contributed by atoms with Crippen LogP contribution in [0.15, 0.2) is 30.3 Å². The predicted molar refractivity (Wildman–Crippen MR) is 83.7 cm³/mol. The number of benzene rings is 1. The molecule has 3 nitrogen and oxygen atoms in total. The second-order valence-corrected chi connectivity index (χ2v) is 5.95. The summed E-state index contributed by atoms with van der Waals surface area (Å²) < 4.78 is 0. The zero-order valence-corrected chi connectivity index (χ0v) is 12.6. The first kappa shape index (κ1) is 15.5. The predicted octanol–water partition coefficient (Wildman–Crippen LogP) is 2.43. The van der Waals surface area contributed by atoms with Crippen LogP contribution in [0.1, 0.15) is 37.8 Å². The van der Waals surface area contributed by atoms with Gasteiger partial charge < -0.3 is 15.3 Å². The first-order chi connectivity index (χ1) is 9.79. The normalized spacial score (nSPS) is 19.1. The van der Waals surface area contributed by atoms with Crippen LogP contribution in [0.5, 0.6) is 0 Å². The van der Waals surface area contributed by atoms with Gasteiger partial charge in [-0.2, -0.15) is 0 Å². The Morgan fingerprint density at radius 2 is 1.95 bits per heavy atom. The van der Waals surface area contributed by atoms with Crippen molar-refractivity contribution >= 4 is 0 Å². The Morgan fingerprint density at radius 3 is 2.60 bits per heavy atom. The first-order valence-electron chi connectivity index (χ1n) is 7.91. The van der Waals surface area contributed by atoms with Gasteiger partial charge in [0.1, 0.15) is 0 Å². The van der Waals surface area contributed by atoms with Crippen molar-refractivity contribution in [1.82, 2.24) is 10.2 Å². The molecule has 1 atom stereocenters. The highest BCUT2D eigenvalue weighted by atomic mass is 16.3. The minimum absolute atomic E-state index is 0.230. The van der Waals surface area contributed by atoms with Crippen molar-refractivity contribution in [1.29, 1.82) is 0 Å². The molecule has 0 saturated carbocycles. The minimum Gasteiger partial charge on any atom is -0.396 e. The van der Waals surface area contributed by atoms with Crippen LogP contribution in [-0.4, -0.2) is 42.8 Å². The van der Waals surface area contributed by atoms with E-state index in [1.54, 1.807) is 0 Å². The van der Waals surface area contributed by atoms with Gasteiger partial charge in [0.15, 0.2) is 0 Å². The average Bonchev–Trinajstić information content (AvgIpc) is 2.49. The van der Waals surface area contributed by atoms with Crippen molar-refractivity contribution in [3.8, 4) is 0 Å². The maximum Gasteiger partial charge on any atom is 0.0449 e. The molecule has 3 heteroatoms. The smallest absolute Gasteiger partial charge is 0.0449 e. The van der Waals surface area contributed by atoms with Crippen LogP contribution in [0.25, 0.3) is 0 Å². The highest BCUT2D eigenvalue weighted by Crippen LogP contribution is 2.17. The fraction of sp³-hybridized carbons (Fsp3) is 0.647. The number of rotatable bonds is 7. The lowest BCUT2D eigenvalue weighted by molar-refractivity contribution is 0.189. The Morgan fingerprint density at radius 1 is 1.25 bits per heavy atom. The largest absolute Gasteiger partial charge is 0.396 e. The number of hydrogen-bond acceptors (Lipinski definition) is 3. The summed E-state index contributed by atoms with van der Waals surface area (Å²) in [5, 5.41) is 12.8. The lowest BCUT2D eigenvalue weighted by atomic mass is 9.99. The Balaban J connectivity index is 1.75. The summed E-state index contributed by atoms with van der Waals surface area (Å²) >= 11 is 0. The molecule has 1 aliphatic heterocycles. The van der Waals surface area contributed by atoms with E-state index in [0.717, 1.165) is 25.4 Å². The summed E-state index contributed by atoms with van der Waals surface area (Å²) in [5.74, 6) is 0.894. The second-order valence-electron chi connectivity index (χ2n) is 5.95. The molecule has 1 aromatic carbocycles. The van der Waals surface area contributed by atoms with Gasteiger partial charge in [0, 0.05) is 25.7 Å². The summed E-state index contributed by atoms with van der Waals surface area (Å²) in [5.41, 5.74) is 1.27. The number of aliphatic hydroxyl groups is 1. The lowest BCUT2D eigenvalue weighted by Gasteiger charge is -2.30. The van der Waals surface area contributed by atoms with Crippen molar-refractivity contribution in [2.24, 2.45) is 5.92 Å². The maximum atomic E-state index is 9.22. The molecule has 20 heavy (non-hydrogen) atoms. The third-order valence-corrected chi connectivity index (χ3v) is 4.31. The van der Waals surface area contributed by atoms with Crippen LogP contribution in [0.2, 0.25) is 0 Å². The van der Waals surface area contributed by atoms with Crippen LogP contribution in [0.4, 0.5) is 0 Å². The summed E-state index contributed by atoms with van der Waals surface area (Å²) in [6, 6.07) is 10.7. The van der Waals surface area contributed by atoms with Crippen LogP contribution in [0.3, 0.4) is 0 Å². The molecule has 1 saturated heterocycles. The van der Waals surface area contributed by atoms with E-state index >= 15 is 0 Å². The molecule has 112 valence electrons. The standard InChI is InChI=1S/C17H28N2O/c1-15-7-11-19(12-8-15)13-10-18-17(9-14-20)16-5-3-2-4-6-16/h2-6,15,17-18,20H,7-14H2,1H3.